The summed E-state index contributed by atoms with van der Waals surface area (Å²) in [7, 11) is 0. The number of aliphatic hydroxyl groups is 2. The smallest absolute Gasteiger partial charge is 0.305 e. The van der Waals surface area contributed by atoms with Crippen molar-refractivity contribution in [3.63, 3.8) is 0 Å². The fraction of sp³-hybridized carbons (Fsp3) is 0.938. The first kappa shape index (κ1) is 69.6. The molecule has 6 heteroatoms. The van der Waals surface area contributed by atoms with E-state index in [0.29, 0.717) is 25.9 Å². The molecule has 0 bridgehead atoms. The van der Waals surface area contributed by atoms with Gasteiger partial charge < -0.3 is 20.3 Å². The molecule has 0 aliphatic carbocycles. The van der Waals surface area contributed by atoms with Gasteiger partial charge in [-0.2, -0.15) is 0 Å². The first-order valence-electron chi connectivity index (χ1n) is 32.4. The minimum Gasteiger partial charge on any atom is -0.466 e. The van der Waals surface area contributed by atoms with E-state index in [1.807, 2.05) is 0 Å². The lowest BCUT2D eigenvalue weighted by Gasteiger charge is -2.22. The topological polar surface area (TPSA) is 95.9 Å². The fourth-order valence-corrected chi connectivity index (χ4v) is 10.3. The van der Waals surface area contributed by atoms with Crippen molar-refractivity contribution in [2.24, 2.45) is 0 Å². The standard InChI is InChI=1S/C65H127NO5/c1-3-5-7-9-11-13-15-17-19-21-22-23-24-25-26-28-29-33-37-41-45-49-53-57-63(68)62(61-67)66-64(69)58-54-50-46-42-38-34-31-32-36-40-44-48-52-56-60-71-65(70)59-55-51-47-43-39-35-30-27-20-18-16-14-12-10-8-6-4-2/h18,20,62-63,67-68H,3-17,19,21-61H2,1-2H3,(H,66,69)/b20-18-. The molecule has 6 nitrogen and oxygen atoms in total. The summed E-state index contributed by atoms with van der Waals surface area (Å²) < 4.78 is 5.49. The Morgan fingerprint density at radius 3 is 1.00 bits per heavy atom. The maximum Gasteiger partial charge on any atom is 0.305 e. The van der Waals surface area contributed by atoms with Crippen molar-refractivity contribution in [3.05, 3.63) is 12.2 Å². The lowest BCUT2D eigenvalue weighted by molar-refractivity contribution is -0.143. The maximum atomic E-state index is 12.5. The Labute approximate surface area is 444 Å². The third-order valence-electron chi connectivity index (χ3n) is 15.3. The number of ether oxygens (including phenoxy) is 1. The minimum atomic E-state index is -0.672. The number of hydrogen-bond acceptors (Lipinski definition) is 5. The monoisotopic (exact) mass is 1000 g/mol. The first-order chi connectivity index (χ1) is 35.0. The van der Waals surface area contributed by atoms with Crippen molar-refractivity contribution in [1.29, 1.82) is 0 Å². The number of unbranched alkanes of at least 4 members (excludes halogenated alkanes) is 48. The molecule has 1 amide bonds. The second-order valence-electron chi connectivity index (χ2n) is 22.5. The van der Waals surface area contributed by atoms with Crippen molar-refractivity contribution in [2.75, 3.05) is 13.2 Å². The second-order valence-corrected chi connectivity index (χ2v) is 22.5. The predicted octanol–water partition coefficient (Wildman–Crippen LogP) is 20.4. The molecule has 0 aliphatic heterocycles. The summed E-state index contributed by atoms with van der Waals surface area (Å²) in [6.07, 6.45) is 73.6. The van der Waals surface area contributed by atoms with Crippen molar-refractivity contribution < 1.29 is 24.5 Å². The van der Waals surface area contributed by atoms with Gasteiger partial charge in [0.25, 0.3) is 0 Å². The van der Waals surface area contributed by atoms with E-state index in [-0.39, 0.29) is 18.5 Å². The Morgan fingerprint density at radius 1 is 0.380 bits per heavy atom. The van der Waals surface area contributed by atoms with Gasteiger partial charge in [0.2, 0.25) is 5.91 Å². The number of aliphatic hydroxyl groups excluding tert-OH is 2. The van der Waals surface area contributed by atoms with E-state index in [0.717, 1.165) is 51.4 Å². The van der Waals surface area contributed by atoms with E-state index in [1.54, 1.807) is 0 Å². The van der Waals surface area contributed by atoms with E-state index < -0.39 is 12.1 Å². The zero-order chi connectivity index (χ0) is 51.4. The molecule has 0 aromatic carbocycles. The molecular weight excluding hydrogens is 875 g/mol. The van der Waals surface area contributed by atoms with Crippen LogP contribution in [0.1, 0.15) is 367 Å². The molecule has 422 valence electrons. The zero-order valence-corrected chi connectivity index (χ0v) is 48.2. The Hall–Kier alpha value is -1.40. The van der Waals surface area contributed by atoms with E-state index >= 15 is 0 Å². The molecule has 0 saturated carbocycles. The van der Waals surface area contributed by atoms with Crippen molar-refractivity contribution in [1.82, 2.24) is 5.32 Å². The molecule has 2 unspecified atom stereocenters. The van der Waals surface area contributed by atoms with Crippen LogP contribution in [0.4, 0.5) is 0 Å². The lowest BCUT2D eigenvalue weighted by atomic mass is 10.0. The van der Waals surface area contributed by atoms with Gasteiger partial charge >= 0.3 is 5.97 Å². The molecule has 0 heterocycles. The van der Waals surface area contributed by atoms with Crippen LogP contribution in [0.5, 0.6) is 0 Å². The normalized spacial score (nSPS) is 12.6. The lowest BCUT2D eigenvalue weighted by Crippen LogP contribution is -2.45. The van der Waals surface area contributed by atoms with Crippen LogP contribution in [0.2, 0.25) is 0 Å². The molecule has 0 rings (SSSR count). The molecular formula is C65H127NO5. The van der Waals surface area contributed by atoms with Crippen molar-refractivity contribution in [2.45, 2.75) is 379 Å². The van der Waals surface area contributed by atoms with Crippen LogP contribution >= 0.6 is 0 Å². The van der Waals surface area contributed by atoms with Crippen LogP contribution in [-0.2, 0) is 14.3 Å². The molecule has 0 radical (unpaired) electrons. The van der Waals surface area contributed by atoms with Gasteiger partial charge in [-0.05, 0) is 51.4 Å². The molecule has 0 saturated heterocycles. The molecule has 0 aliphatic rings. The molecule has 0 spiro atoms. The average molecular weight is 1000 g/mol. The zero-order valence-electron chi connectivity index (χ0n) is 48.2. The highest BCUT2D eigenvalue weighted by molar-refractivity contribution is 5.76. The van der Waals surface area contributed by atoms with Crippen LogP contribution in [0.3, 0.4) is 0 Å². The molecule has 0 aromatic heterocycles. The number of carbonyl (C=O) groups excluding carboxylic acids is 2. The van der Waals surface area contributed by atoms with Gasteiger partial charge in [0.15, 0.2) is 0 Å². The first-order valence-corrected chi connectivity index (χ1v) is 32.4. The Balaban J connectivity index is 3.42. The summed E-state index contributed by atoms with van der Waals surface area (Å²) in [5.41, 5.74) is 0. The van der Waals surface area contributed by atoms with Crippen LogP contribution < -0.4 is 5.32 Å². The number of nitrogens with one attached hydrogen (secondary N) is 1. The van der Waals surface area contributed by atoms with E-state index in [4.69, 9.17) is 4.74 Å². The molecule has 0 aromatic rings. The Bertz CT molecular complexity index is 1060. The Morgan fingerprint density at radius 2 is 0.662 bits per heavy atom. The SMILES string of the molecule is CCCCCCCC/C=C\CCCCCCCCCC(=O)OCCCCCCCCCCCCCCCCC(=O)NC(CO)C(O)CCCCCCCCCCCCCCCCCCCCCCCCC. The number of hydrogen-bond donors (Lipinski definition) is 3. The molecule has 3 N–H and O–H groups in total. The van der Waals surface area contributed by atoms with Crippen LogP contribution in [0.25, 0.3) is 0 Å². The predicted molar refractivity (Wildman–Crippen MR) is 310 cm³/mol. The number of esters is 1. The van der Waals surface area contributed by atoms with Crippen LogP contribution in [-0.4, -0.2) is 47.4 Å². The summed E-state index contributed by atoms with van der Waals surface area (Å²) >= 11 is 0. The van der Waals surface area contributed by atoms with Gasteiger partial charge in [0.05, 0.1) is 25.4 Å². The average Bonchev–Trinajstić information content (AvgIpc) is 3.37. The summed E-state index contributed by atoms with van der Waals surface area (Å²) in [4.78, 5) is 24.6. The van der Waals surface area contributed by atoms with Gasteiger partial charge in [0, 0.05) is 12.8 Å². The Kier molecular flexibility index (Phi) is 59.9. The number of rotatable bonds is 61. The van der Waals surface area contributed by atoms with Crippen LogP contribution in [0, 0.1) is 0 Å². The summed E-state index contributed by atoms with van der Waals surface area (Å²) in [6.45, 7) is 4.96. The maximum absolute atomic E-state index is 12.5. The number of carbonyl (C=O) groups is 2. The second kappa shape index (κ2) is 61.1. The third kappa shape index (κ3) is 57.7. The summed E-state index contributed by atoms with van der Waals surface area (Å²) in [5, 5.41) is 23.4. The van der Waals surface area contributed by atoms with Gasteiger partial charge in [-0.1, -0.05) is 315 Å². The number of allylic oxidation sites excluding steroid dienone is 2. The molecule has 0 fully saturated rings. The fourth-order valence-electron chi connectivity index (χ4n) is 10.3. The van der Waals surface area contributed by atoms with Gasteiger partial charge in [-0.15, -0.1) is 0 Å². The van der Waals surface area contributed by atoms with Gasteiger partial charge in [0.1, 0.15) is 0 Å². The van der Waals surface area contributed by atoms with Crippen molar-refractivity contribution in [3.8, 4) is 0 Å². The highest BCUT2D eigenvalue weighted by Gasteiger charge is 2.20. The quantitative estimate of drug-likeness (QED) is 0.0320. The van der Waals surface area contributed by atoms with Crippen molar-refractivity contribution >= 4 is 11.9 Å². The number of amides is 1. The van der Waals surface area contributed by atoms with Crippen LogP contribution in [0.15, 0.2) is 12.2 Å². The van der Waals surface area contributed by atoms with E-state index in [2.05, 4.69) is 31.3 Å². The van der Waals surface area contributed by atoms with E-state index in [1.165, 1.54) is 283 Å². The third-order valence-corrected chi connectivity index (χ3v) is 15.3. The minimum absolute atomic E-state index is 0.00402. The summed E-state index contributed by atoms with van der Waals surface area (Å²) in [5.74, 6) is -0.0451. The largest absolute Gasteiger partial charge is 0.466 e. The van der Waals surface area contributed by atoms with Gasteiger partial charge in [-0.25, -0.2) is 0 Å². The summed E-state index contributed by atoms with van der Waals surface area (Å²) in [6, 6.07) is -0.550. The molecule has 71 heavy (non-hydrogen) atoms. The van der Waals surface area contributed by atoms with Gasteiger partial charge in [-0.3, -0.25) is 9.59 Å². The molecule has 2 atom stereocenters. The van der Waals surface area contributed by atoms with E-state index in [9.17, 15) is 19.8 Å². The highest BCUT2D eigenvalue weighted by atomic mass is 16.5. The highest BCUT2D eigenvalue weighted by Crippen LogP contribution is 2.18.